The number of hydrogen-bond donors (Lipinski definition) is 1. The minimum Gasteiger partial charge on any atom is -0.312 e. The molecule has 8 heteroatoms. The summed E-state index contributed by atoms with van der Waals surface area (Å²) < 4.78 is 27.3. The number of halogens is 2. The van der Waals surface area contributed by atoms with Crippen molar-refractivity contribution in [3.63, 3.8) is 0 Å². The normalized spacial score (nSPS) is 28.5. The molecule has 2 saturated heterocycles. The van der Waals surface area contributed by atoms with Crippen molar-refractivity contribution in [2.45, 2.75) is 23.8 Å². The second kappa shape index (κ2) is 5.16. The van der Waals surface area contributed by atoms with Crippen molar-refractivity contribution in [1.29, 1.82) is 0 Å². The summed E-state index contributed by atoms with van der Waals surface area (Å²) in [5.41, 5.74) is 0. The van der Waals surface area contributed by atoms with Crippen molar-refractivity contribution < 1.29 is 8.42 Å². The van der Waals surface area contributed by atoms with Gasteiger partial charge in [0.25, 0.3) is 0 Å². The van der Waals surface area contributed by atoms with Crippen LogP contribution >= 0.6 is 34.5 Å². The van der Waals surface area contributed by atoms with Crippen LogP contribution in [-0.4, -0.2) is 38.4 Å². The Morgan fingerprint density at radius 3 is 2.79 bits per heavy atom. The van der Waals surface area contributed by atoms with Gasteiger partial charge in [-0.15, -0.1) is 11.3 Å². The first kappa shape index (κ1) is 14.1. The quantitative estimate of drug-likeness (QED) is 0.899. The summed E-state index contributed by atoms with van der Waals surface area (Å²) in [4.78, 5) is 0.141. The van der Waals surface area contributed by atoms with Crippen LogP contribution in [0.15, 0.2) is 11.0 Å². The second-order valence-electron chi connectivity index (χ2n) is 4.97. The standard InChI is InChI=1S/C11H14Cl2N2O2S2/c12-10-4-9(11(13)18-10)19(16,17)15-5-7-2-1-3-14-8(7)6-15/h4,7-8,14H,1-3,5-6H2. The van der Waals surface area contributed by atoms with E-state index < -0.39 is 10.0 Å². The average molecular weight is 341 g/mol. The first-order chi connectivity index (χ1) is 8.98. The van der Waals surface area contributed by atoms with E-state index in [-0.39, 0.29) is 15.3 Å². The molecule has 2 unspecified atom stereocenters. The number of thiophene rings is 1. The van der Waals surface area contributed by atoms with E-state index in [4.69, 9.17) is 23.2 Å². The van der Waals surface area contributed by atoms with Gasteiger partial charge in [0.05, 0.1) is 4.34 Å². The van der Waals surface area contributed by atoms with Gasteiger partial charge in [0, 0.05) is 19.1 Å². The fraction of sp³-hybridized carbons (Fsp3) is 0.636. The summed E-state index contributed by atoms with van der Waals surface area (Å²) in [6.45, 7) is 2.07. The van der Waals surface area contributed by atoms with Crippen LogP contribution in [0.2, 0.25) is 8.67 Å². The van der Waals surface area contributed by atoms with Crippen LogP contribution in [0.3, 0.4) is 0 Å². The maximum atomic E-state index is 12.6. The largest absolute Gasteiger partial charge is 0.312 e. The van der Waals surface area contributed by atoms with Gasteiger partial charge in [-0.25, -0.2) is 8.42 Å². The lowest BCUT2D eigenvalue weighted by Gasteiger charge is -2.24. The number of piperidine rings is 1. The molecule has 0 saturated carbocycles. The zero-order valence-corrected chi connectivity index (χ0v) is 13.2. The van der Waals surface area contributed by atoms with E-state index in [1.807, 2.05) is 0 Å². The molecule has 3 heterocycles. The second-order valence-corrected chi connectivity index (χ2v) is 9.17. The molecule has 2 aliphatic heterocycles. The van der Waals surface area contributed by atoms with Crippen LogP contribution in [0.25, 0.3) is 0 Å². The third-order valence-corrected chi connectivity index (χ3v) is 7.39. The molecule has 0 spiro atoms. The fourth-order valence-corrected chi connectivity index (χ4v) is 6.48. The van der Waals surface area contributed by atoms with Crippen LogP contribution in [0.4, 0.5) is 0 Å². The molecule has 0 bridgehead atoms. The van der Waals surface area contributed by atoms with E-state index >= 15 is 0 Å². The molecular weight excluding hydrogens is 327 g/mol. The molecule has 0 aliphatic carbocycles. The molecule has 1 aromatic rings. The van der Waals surface area contributed by atoms with Crippen molar-refractivity contribution in [1.82, 2.24) is 9.62 Å². The molecule has 1 aromatic heterocycles. The lowest BCUT2D eigenvalue weighted by atomic mass is 9.94. The molecule has 0 aromatic carbocycles. The van der Waals surface area contributed by atoms with E-state index in [1.165, 1.54) is 10.4 Å². The predicted molar refractivity (Wildman–Crippen MR) is 77.6 cm³/mol. The van der Waals surface area contributed by atoms with E-state index in [0.29, 0.717) is 23.3 Å². The Balaban J connectivity index is 1.87. The summed E-state index contributed by atoms with van der Waals surface area (Å²) in [6.07, 6.45) is 2.20. The average Bonchev–Trinajstić information content (AvgIpc) is 2.92. The van der Waals surface area contributed by atoms with Gasteiger partial charge in [0.15, 0.2) is 0 Å². The zero-order valence-electron chi connectivity index (χ0n) is 10.1. The Morgan fingerprint density at radius 2 is 2.16 bits per heavy atom. The monoisotopic (exact) mass is 340 g/mol. The van der Waals surface area contributed by atoms with Crippen LogP contribution in [0, 0.1) is 5.92 Å². The summed E-state index contributed by atoms with van der Waals surface area (Å²) in [6, 6.07) is 1.72. The van der Waals surface area contributed by atoms with Crippen molar-refractivity contribution in [3.8, 4) is 0 Å². The SMILES string of the molecule is O=S(=O)(c1cc(Cl)sc1Cl)N1CC2CCCNC2C1. The van der Waals surface area contributed by atoms with Crippen molar-refractivity contribution in [2.75, 3.05) is 19.6 Å². The van der Waals surface area contributed by atoms with E-state index in [9.17, 15) is 8.42 Å². The Kier molecular flexibility index (Phi) is 3.83. The van der Waals surface area contributed by atoms with E-state index in [2.05, 4.69) is 5.32 Å². The third kappa shape index (κ3) is 2.54. The highest BCUT2D eigenvalue weighted by molar-refractivity contribution is 7.89. The molecule has 2 fully saturated rings. The van der Waals surface area contributed by atoms with Crippen molar-refractivity contribution in [3.05, 3.63) is 14.7 Å². The summed E-state index contributed by atoms with van der Waals surface area (Å²) in [5, 5.41) is 3.39. The maximum Gasteiger partial charge on any atom is 0.245 e. The highest BCUT2D eigenvalue weighted by atomic mass is 35.5. The van der Waals surface area contributed by atoms with Gasteiger partial charge in [0.1, 0.15) is 9.23 Å². The van der Waals surface area contributed by atoms with Gasteiger partial charge in [-0.05, 0) is 31.4 Å². The Morgan fingerprint density at radius 1 is 1.37 bits per heavy atom. The molecule has 2 aliphatic rings. The van der Waals surface area contributed by atoms with Crippen LogP contribution in [0.1, 0.15) is 12.8 Å². The van der Waals surface area contributed by atoms with Crippen molar-refractivity contribution >= 4 is 44.6 Å². The number of hydrogen-bond acceptors (Lipinski definition) is 4. The Hall–Kier alpha value is 0.150. The van der Waals surface area contributed by atoms with Gasteiger partial charge in [0.2, 0.25) is 10.0 Å². The smallest absolute Gasteiger partial charge is 0.245 e. The molecule has 0 radical (unpaired) electrons. The minimum atomic E-state index is -3.52. The first-order valence-electron chi connectivity index (χ1n) is 6.17. The summed E-state index contributed by atoms with van der Waals surface area (Å²) in [5.74, 6) is 0.413. The topological polar surface area (TPSA) is 49.4 Å². The molecule has 2 atom stereocenters. The molecule has 0 amide bonds. The van der Waals surface area contributed by atoms with E-state index in [1.54, 1.807) is 0 Å². The van der Waals surface area contributed by atoms with Gasteiger partial charge < -0.3 is 5.32 Å². The third-order valence-electron chi connectivity index (χ3n) is 3.81. The molecular formula is C11H14Cl2N2O2S2. The van der Waals surface area contributed by atoms with Crippen molar-refractivity contribution in [2.24, 2.45) is 5.92 Å². The minimum absolute atomic E-state index is 0.141. The summed E-state index contributed by atoms with van der Waals surface area (Å²) >= 11 is 12.9. The lowest BCUT2D eigenvalue weighted by molar-refractivity contribution is 0.339. The zero-order chi connectivity index (χ0) is 13.6. The van der Waals surface area contributed by atoms with Crippen LogP contribution < -0.4 is 5.32 Å². The predicted octanol–water partition coefficient (Wildman–Crippen LogP) is 2.43. The van der Waals surface area contributed by atoms with Gasteiger partial charge in [-0.1, -0.05) is 23.2 Å². The Labute approximate surface area is 126 Å². The molecule has 106 valence electrons. The number of fused-ring (bicyclic) bond motifs is 1. The van der Waals surface area contributed by atoms with Gasteiger partial charge in [-0.2, -0.15) is 4.31 Å². The van der Waals surface area contributed by atoms with Crippen LogP contribution in [0.5, 0.6) is 0 Å². The number of nitrogens with zero attached hydrogens (tertiary/aromatic N) is 1. The highest BCUT2D eigenvalue weighted by Gasteiger charge is 2.41. The van der Waals surface area contributed by atoms with Crippen LogP contribution in [-0.2, 0) is 10.0 Å². The maximum absolute atomic E-state index is 12.6. The Bertz CT molecular complexity index is 574. The molecule has 4 nitrogen and oxygen atoms in total. The first-order valence-corrected chi connectivity index (χ1v) is 9.18. The molecule has 19 heavy (non-hydrogen) atoms. The molecule has 1 N–H and O–H groups in total. The highest BCUT2D eigenvalue weighted by Crippen LogP contribution is 2.37. The number of nitrogens with one attached hydrogen (secondary N) is 1. The number of rotatable bonds is 2. The van der Waals surface area contributed by atoms with E-state index in [0.717, 1.165) is 30.7 Å². The fourth-order valence-electron chi connectivity index (χ4n) is 2.84. The lowest BCUT2D eigenvalue weighted by Crippen LogP contribution is -2.41. The van der Waals surface area contributed by atoms with Gasteiger partial charge >= 0.3 is 0 Å². The van der Waals surface area contributed by atoms with Gasteiger partial charge in [-0.3, -0.25) is 0 Å². The molecule has 3 rings (SSSR count). The summed E-state index contributed by atoms with van der Waals surface area (Å²) in [7, 11) is -3.52. The number of sulfonamides is 1.